The van der Waals surface area contributed by atoms with Crippen LogP contribution < -0.4 is 5.32 Å². The van der Waals surface area contributed by atoms with E-state index < -0.39 is 12.0 Å². The zero-order chi connectivity index (χ0) is 15.4. The van der Waals surface area contributed by atoms with Gasteiger partial charge in [0.05, 0.1) is 0 Å². The molecule has 0 saturated carbocycles. The van der Waals surface area contributed by atoms with Gasteiger partial charge in [0.2, 0.25) is 0 Å². The van der Waals surface area contributed by atoms with E-state index in [1.54, 1.807) is 12.1 Å². The van der Waals surface area contributed by atoms with Crippen LogP contribution in [0.4, 0.5) is 4.39 Å². The maximum atomic E-state index is 13.9. The van der Waals surface area contributed by atoms with Gasteiger partial charge < -0.3 is 10.4 Å². The van der Waals surface area contributed by atoms with Crippen molar-refractivity contribution in [2.75, 3.05) is 0 Å². The van der Waals surface area contributed by atoms with Crippen LogP contribution in [-0.2, 0) is 11.3 Å². The Kier molecular flexibility index (Phi) is 5.09. The van der Waals surface area contributed by atoms with Crippen molar-refractivity contribution in [1.82, 2.24) is 5.32 Å². The first-order valence-corrected chi connectivity index (χ1v) is 7.65. The topological polar surface area (TPSA) is 49.3 Å². The summed E-state index contributed by atoms with van der Waals surface area (Å²) < 4.78 is 13.9. The lowest BCUT2D eigenvalue weighted by Gasteiger charge is -2.18. The van der Waals surface area contributed by atoms with Gasteiger partial charge in [-0.25, -0.2) is 4.39 Å². The van der Waals surface area contributed by atoms with E-state index in [1.165, 1.54) is 17.4 Å². The molecule has 0 saturated heterocycles. The lowest BCUT2D eigenvalue weighted by molar-refractivity contribution is -0.140. The number of nitrogens with one attached hydrogen (secondary N) is 1. The molecule has 21 heavy (non-hydrogen) atoms. The van der Waals surface area contributed by atoms with Crippen LogP contribution in [0.25, 0.3) is 10.4 Å². The molecule has 112 valence electrons. The molecule has 0 aliphatic rings. The number of rotatable bonds is 6. The lowest BCUT2D eigenvalue weighted by atomic mass is 10.0. The Labute approximate surface area is 127 Å². The summed E-state index contributed by atoms with van der Waals surface area (Å²) in [4.78, 5) is 12.0. The molecule has 3 nitrogen and oxygen atoms in total. The lowest BCUT2D eigenvalue weighted by Crippen LogP contribution is -2.40. The minimum atomic E-state index is -0.870. The van der Waals surface area contributed by atoms with Crippen molar-refractivity contribution in [2.24, 2.45) is 5.92 Å². The summed E-state index contributed by atoms with van der Waals surface area (Å²) >= 11 is 1.48. The number of aliphatic carboxylic acids is 1. The molecule has 2 aromatic rings. The fraction of sp³-hybridized carbons (Fsp3) is 0.312. The first kappa shape index (κ1) is 15.7. The highest BCUT2D eigenvalue weighted by Gasteiger charge is 2.20. The zero-order valence-electron chi connectivity index (χ0n) is 12.0. The Balaban J connectivity index is 2.15. The molecule has 0 fully saturated rings. The molecule has 5 heteroatoms. The highest BCUT2D eigenvalue weighted by molar-refractivity contribution is 7.13. The molecule has 0 aliphatic heterocycles. The van der Waals surface area contributed by atoms with Crippen molar-refractivity contribution < 1.29 is 14.3 Å². The molecule has 2 N–H and O–H groups in total. The molecule has 0 spiro atoms. The van der Waals surface area contributed by atoms with Crippen LogP contribution in [0.1, 0.15) is 19.4 Å². The van der Waals surface area contributed by atoms with Gasteiger partial charge in [0, 0.05) is 17.0 Å². The largest absolute Gasteiger partial charge is 0.480 e. The van der Waals surface area contributed by atoms with Crippen LogP contribution in [0.2, 0.25) is 0 Å². The number of hydrogen-bond donors (Lipinski definition) is 2. The van der Waals surface area contributed by atoms with E-state index in [9.17, 15) is 9.18 Å². The number of carboxylic acid groups (broad SMARTS) is 1. The minimum absolute atomic E-state index is 0.0142. The number of thiophene rings is 1. The van der Waals surface area contributed by atoms with Gasteiger partial charge in [-0.1, -0.05) is 26.0 Å². The average molecular weight is 307 g/mol. The van der Waals surface area contributed by atoms with Gasteiger partial charge in [-0.15, -0.1) is 11.3 Å². The second kappa shape index (κ2) is 6.83. The Hall–Kier alpha value is -1.72. The van der Waals surface area contributed by atoms with E-state index in [-0.39, 0.29) is 11.7 Å². The van der Waals surface area contributed by atoms with E-state index in [2.05, 4.69) is 5.32 Å². The Morgan fingerprint density at radius 3 is 2.71 bits per heavy atom. The van der Waals surface area contributed by atoms with E-state index in [1.807, 2.05) is 31.4 Å². The molecule has 0 aliphatic carbocycles. The predicted molar refractivity (Wildman–Crippen MR) is 82.8 cm³/mol. The third-order valence-corrected chi connectivity index (χ3v) is 4.18. The second-order valence-corrected chi connectivity index (χ2v) is 6.18. The number of benzene rings is 1. The molecule has 0 radical (unpaired) electrons. The molecule has 1 aromatic heterocycles. The third kappa shape index (κ3) is 3.89. The fourth-order valence-electron chi connectivity index (χ4n) is 2.14. The van der Waals surface area contributed by atoms with Crippen LogP contribution in [0.3, 0.4) is 0 Å². The van der Waals surface area contributed by atoms with Crippen molar-refractivity contribution in [2.45, 2.75) is 26.4 Å². The predicted octanol–water partition coefficient (Wildman–Crippen LogP) is 3.75. The fourth-order valence-corrected chi connectivity index (χ4v) is 2.88. The summed E-state index contributed by atoms with van der Waals surface area (Å²) in [5.41, 5.74) is 1.42. The Morgan fingerprint density at radius 2 is 2.14 bits per heavy atom. The van der Waals surface area contributed by atoms with Crippen LogP contribution in [-0.4, -0.2) is 17.1 Å². The molecule has 0 unspecified atom stereocenters. The number of hydrogen-bond acceptors (Lipinski definition) is 3. The van der Waals surface area contributed by atoms with Crippen molar-refractivity contribution in [1.29, 1.82) is 0 Å². The van der Waals surface area contributed by atoms with Crippen LogP contribution >= 0.6 is 11.3 Å². The molecule has 1 heterocycles. The van der Waals surface area contributed by atoms with Crippen molar-refractivity contribution in [3.8, 4) is 10.4 Å². The van der Waals surface area contributed by atoms with Crippen molar-refractivity contribution >= 4 is 17.3 Å². The Morgan fingerprint density at radius 1 is 1.38 bits per heavy atom. The normalized spacial score (nSPS) is 12.6. The molecule has 2 rings (SSSR count). The van der Waals surface area contributed by atoms with Crippen LogP contribution in [0, 0.1) is 11.7 Å². The molecular weight excluding hydrogens is 289 g/mol. The van der Waals surface area contributed by atoms with Gasteiger partial charge in [-0.3, -0.25) is 4.79 Å². The molecule has 0 amide bonds. The molecule has 0 bridgehead atoms. The van der Waals surface area contributed by atoms with Crippen molar-refractivity contribution in [3.05, 3.63) is 47.1 Å². The first-order chi connectivity index (χ1) is 9.99. The van der Waals surface area contributed by atoms with E-state index in [0.29, 0.717) is 12.1 Å². The smallest absolute Gasteiger partial charge is 0.320 e. The van der Waals surface area contributed by atoms with Crippen LogP contribution in [0.15, 0.2) is 35.7 Å². The average Bonchev–Trinajstić information content (AvgIpc) is 2.93. The summed E-state index contributed by atoms with van der Waals surface area (Å²) in [5, 5.41) is 14.1. The van der Waals surface area contributed by atoms with Gasteiger partial charge in [0.1, 0.15) is 11.9 Å². The number of halogens is 1. The first-order valence-electron chi connectivity index (χ1n) is 6.77. The second-order valence-electron chi connectivity index (χ2n) is 5.23. The summed E-state index contributed by atoms with van der Waals surface area (Å²) in [7, 11) is 0. The summed E-state index contributed by atoms with van der Waals surface area (Å²) in [6, 6.07) is 8.02. The van der Waals surface area contributed by atoms with Gasteiger partial charge in [-0.2, -0.15) is 0 Å². The van der Waals surface area contributed by atoms with Gasteiger partial charge in [0.15, 0.2) is 0 Å². The van der Waals surface area contributed by atoms with Gasteiger partial charge in [0.25, 0.3) is 0 Å². The summed E-state index contributed by atoms with van der Waals surface area (Å²) in [6.07, 6.45) is 0. The van der Waals surface area contributed by atoms with Crippen LogP contribution in [0.5, 0.6) is 0 Å². The molecular formula is C16H18FNO2S. The van der Waals surface area contributed by atoms with Gasteiger partial charge in [-0.05, 0) is 35.1 Å². The SMILES string of the molecule is CC(C)[C@@H](NCc1ccc(F)c(-c2cccs2)c1)C(=O)O. The standard InChI is InChI=1S/C16H18FNO2S/c1-10(2)15(16(19)20)18-9-11-5-6-13(17)12(8-11)14-4-3-7-21-14/h3-8,10,15,18H,9H2,1-2H3,(H,19,20)/t15-/m1/s1. The number of carboxylic acids is 1. The van der Waals surface area contributed by atoms with Crippen molar-refractivity contribution in [3.63, 3.8) is 0 Å². The maximum absolute atomic E-state index is 13.9. The quantitative estimate of drug-likeness (QED) is 0.854. The van der Waals surface area contributed by atoms with E-state index >= 15 is 0 Å². The van der Waals surface area contributed by atoms with E-state index in [0.717, 1.165) is 10.4 Å². The number of carbonyl (C=O) groups is 1. The summed E-state index contributed by atoms with van der Waals surface area (Å²) in [5.74, 6) is -1.15. The van der Waals surface area contributed by atoms with Gasteiger partial charge >= 0.3 is 5.97 Å². The Bertz CT molecular complexity index is 611. The zero-order valence-corrected chi connectivity index (χ0v) is 12.8. The maximum Gasteiger partial charge on any atom is 0.320 e. The highest BCUT2D eigenvalue weighted by atomic mass is 32.1. The third-order valence-electron chi connectivity index (χ3n) is 3.28. The van der Waals surface area contributed by atoms with E-state index in [4.69, 9.17) is 5.11 Å². The summed E-state index contributed by atoms with van der Waals surface area (Å²) in [6.45, 7) is 4.11. The monoisotopic (exact) mass is 307 g/mol. The highest BCUT2D eigenvalue weighted by Crippen LogP contribution is 2.28. The molecule has 1 atom stereocenters. The minimum Gasteiger partial charge on any atom is -0.480 e. The molecule has 1 aromatic carbocycles.